The van der Waals surface area contributed by atoms with Crippen molar-refractivity contribution in [3.05, 3.63) is 36.5 Å². The van der Waals surface area contributed by atoms with E-state index in [1.807, 2.05) is 6.08 Å². The number of ether oxygens (including phenoxy) is 1. The zero-order valence-corrected chi connectivity index (χ0v) is 50.5. The first-order valence-corrected chi connectivity index (χ1v) is 33.8. The minimum atomic E-state index is -0.843. The summed E-state index contributed by atoms with van der Waals surface area (Å²) >= 11 is 0. The maximum absolute atomic E-state index is 12.5. The van der Waals surface area contributed by atoms with Gasteiger partial charge in [0.05, 0.1) is 25.4 Å². The van der Waals surface area contributed by atoms with Gasteiger partial charge in [0.1, 0.15) is 0 Å². The van der Waals surface area contributed by atoms with Crippen LogP contribution >= 0.6 is 0 Å². The Balaban J connectivity index is 3.37. The second-order valence-electron chi connectivity index (χ2n) is 23.2. The second-order valence-corrected chi connectivity index (χ2v) is 23.2. The van der Waals surface area contributed by atoms with Gasteiger partial charge in [-0.1, -0.05) is 326 Å². The van der Waals surface area contributed by atoms with E-state index in [1.165, 1.54) is 289 Å². The molecule has 0 radical (unpaired) electrons. The van der Waals surface area contributed by atoms with Crippen molar-refractivity contribution in [3.63, 3.8) is 0 Å². The molecule has 3 N–H and O–H groups in total. The van der Waals surface area contributed by atoms with Crippen LogP contribution in [0.2, 0.25) is 0 Å². The fourth-order valence-corrected chi connectivity index (χ4v) is 10.5. The summed E-state index contributed by atoms with van der Waals surface area (Å²) in [6, 6.07) is -0.627. The number of carbonyl (C=O) groups is 2. The molecule has 75 heavy (non-hydrogen) atoms. The van der Waals surface area contributed by atoms with E-state index in [-0.39, 0.29) is 18.5 Å². The van der Waals surface area contributed by atoms with Crippen LogP contribution in [0.4, 0.5) is 0 Å². The molecule has 0 bridgehead atoms. The second kappa shape index (κ2) is 64.6. The number of unbranched alkanes of at least 4 members (excludes halogenated alkanes) is 48. The standard InChI is InChI=1S/C69H131NO5/c1-3-5-7-9-11-13-15-17-19-20-31-35-39-43-47-51-55-59-63-69(74)75-64-60-56-52-48-44-40-36-32-29-27-25-23-21-22-24-26-28-30-34-38-42-46-50-54-58-62-68(73)70-66(65-71)67(72)61-57-53-49-45-41-37-33-18-16-14-12-10-8-6-4-2/h13,15,19-20,57,61,66-67,71-72H,3-12,14,16-18,21-56,58-60,62-65H2,1-2H3,(H,70,73)/b15-13-,20-19-,61-57+. The number of aliphatic hydroxyl groups is 2. The van der Waals surface area contributed by atoms with Crippen LogP contribution in [-0.4, -0.2) is 47.4 Å². The molecule has 1 amide bonds. The molecule has 2 unspecified atom stereocenters. The number of nitrogens with one attached hydrogen (secondary N) is 1. The van der Waals surface area contributed by atoms with Gasteiger partial charge in [-0.15, -0.1) is 0 Å². The van der Waals surface area contributed by atoms with Crippen LogP contribution in [0.1, 0.15) is 367 Å². The highest BCUT2D eigenvalue weighted by molar-refractivity contribution is 5.76. The normalized spacial score (nSPS) is 12.7. The van der Waals surface area contributed by atoms with Gasteiger partial charge in [-0.05, 0) is 64.2 Å². The van der Waals surface area contributed by atoms with Gasteiger partial charge < -0.3 is 20.3 Å². The number of carbonyl (C=O) groups excluding carboxylic acids is 2. The van der Waals surface area contributed by atoms with Gasteiger partial charge in [0.15, 0.2) is 0 Å². The Labute approximate surface area is 468 Å². The maximum Gasteiger partial charge on any atom is 0.305 e. The molecule has 0 saturated heterocycles. The van der Waals surface area contributed by atoms with Gasteiger partial charge in [-0.25, -0.2) is 0 Å². The fraction of sp³-hybridized carbons (Fsp3) is 0.884. The van der Waals surface area contributed by atoms with E-state index < -0.39 is 12.1 Å². The third-order valence-electron chi connectivity index (χ3n) is 15.7. The average Bonchev–Trinajstić information content (AvgIpc) is 3.41. The Morgan fingerprint density at radius 3 is 1.03 bits per heavy atom. The van der Waals surface area contributed by atoms with E-state index in [4.69, 9.17) is 4.74 Å². The molecule has 0 saturated carbocycles. The minimum Gasteiger partial charge on any atom is -0.466 e. The smallest absolute Gasteiger partial charge is 0.305 e. The van der Waals surface area contributed by atoms with Gasteiger partial charge in [-0.3, -0.25) is 9.59 Å². The lowest BCUT2D eigenvalue weighted by molar-refractivity contribution is -0.143. The summed E-state index contributed by atoms with van der Waals surface area (Å²) in [5, 5.41) is 23.2. The molecule has 2 atom stereocenters. The molecule has 0 heterocycles. The van der Waals surface area contributed by atoms with Crippen LogP contribution in [-0.2, 0) is 14.3 Å². The van der Waals surface area contributed by atoms with Crippen LogP contribution in [0.25, 0.3) is 0 Å². The highest BCUT2D eigenvalue weighted by Gasteiger charge is 2.18. The van der Waals surface area contributed by atoms with E-state index in [0.717, 1.165) is 51.4 Å². The molecule has 0 rings (SSSR count). The van der Waals surface area contributed by atoms with E-state index >= 15 is 0 Å². The summed E-state index contributed by atoms with van der Waals surface area (Å²) < 4.78 is 5.50. The molecular formula is C69H131NO5. The molecule has 6 heteroatoms. The highest BCUT2D eigenvalue weighted by atomic mass is 16.5. The molecule has 0 spiro atoms. The number of esters is 1. The van der Waals surface area contributed by atoms with Gasteiger partial charge >= 0.3 is 5.97 Å². The van der Waals surface area contributed by atoms with Gasteiger partial charge in [-0.2, -0.15) is 0 Å². The summed E-state index contributed by atoms with van der Waals surface area (Å²) in [7, 11) is 0. The summed E-state index contributed by atoms with van der Waals surface area (Å²) in [4.78, 5) is 24.6. The first-order chi connectivity index (χ1) is 37.0. The molecule has 442 valence electrons. The van der Waals surface area contributed by atoms with Crippen molar-refractivity contribution in [2.75, 3.05) is 13.2 Å². The van der Waals surface area contributed by atoms with Crippen molar-refractivity contribution < 1.29 is 24.5 Å². The molecule has 0 aromatic rings. The lowest BCUT2D eigenvalue weighted by Gasteiger charge is -2.20. The molecule has 0 aromatic heterocycles. The third kappa shape index (κ3) is 61.2. The fourth-order valence-electron chi connectivity index (χ4n) is 10.5. The number of hydrogen-bond donors (Lipinski definition) is 3. The Morgan fingerprint density at radius 1 is 0.373 bits per heavy atom. The van der Waals surface area contributed by atoms with Crippen LogP contribution in [0.5, 0.6) is 0 Å². The third-order valence-corrected chi connectivity index (χ3v) is 15.7. The lowest BCUT2D eigenvalue weighted by Crippen LogP contribution is -2.45. The Kier molecular flexibility index (Phi) is 63.0. The van der Waals surface area contributed by atoms with Crippen LogP contribution in [0, 0.1) is 0 Å². The van der Waals surface area contributed by atoms with Crippen molar-refractivity contribution in [1.82, 2.24) is 5.32 Å². The van der Waals surface area contributed by atoms with Crippen LogP contribution in [0.3, 0.4) is 0 Å². The van der Waals surface area contributed by atoms with Crippen LogP contribution < -0.4 is 5.32 Å². The molecule has 0 aromatic carbocycles. The predicted molar refractivity (Wildman–Crippen MR) is 329 cm³/mol. The average molecular weight is 1050 g/mol. The molecule has 0 aliphatic heterocycles. The summed E-state index contributed by atoms with van der Waals surface area (Å²) in [5.41, 5.74) is 0. The van der Waals surface area contributed by atoms with Gasteiger partial charge in [0.25, 0.3) is 0 Å². The Bertz CT molecular complexity index is 1210. The largest absolute Gasteiger partial charge is 0.466 e. The zero-order valence-electron chi connectivity index (χ0n) is 50.5. The van der Waals surface area contributed by atoms with Crippen molar-refractivity contribution in [1.29, 1.82) is 0 Å². The quantitative estimate of drug-likeness (QED) is 0.0320. The minimum absolute atomic E-state index is 0.00890. The lowest BCUT2D eigenvalue weighted by atomic mass is 10.0. The van der Waals surface area contributed by atoms with Crippen molar-refractivity contribution in [2.45, 2.75) is 379 Å². The number of rotatable bonds is 63. The van der Waals surface area contributed by atoms with E-state index in [2.05, 4.69) is 43.5 Å². The van der Waals surface area contributed by atoms with Gasteiger partial charge in [0, 0.05) is 12.8 Å². The molecule has 0 aliphatic rings. The van der Waals surface area contributed by atoms with Crippen molar-refractivity contribution >= 4 is 11.9 Å². The Hall–Kier alpha value is -1.92. The maximum atomic E-state index is 12.5. The van der Waals surface area contributed by atoms with Crippen molar-refractivity contribution in [2.24, 2.45) is 0 Å². The monoisotopic (exact) mass is 1050 g/mol. The number of aliphatic hydroxyl groups excluding tert-OH is 2. The molecular weight excluding hydrogens is 923 g/mol. The SMILES string of the molecule is CCCCCC/C=C\C/C=C\CCCCCCCCCC(=O)OCCCCCCCCCCCCCCCCCCCCCCCCCCCC(=O)NC(CO)C(O)/C=C/CCCCCCCCCCCCCCC. The molecule has 0 aliphatic carbocycles. The highest BCUT2D eigenvalue weighted by Crippen LogP contribution is 2.18. The molecule has 6 nitrogen and oxygen atoms in total. The Morgan fingerprint density at radius 2 is 0.667 bits per heavy atom. The van der Waals surface area contributed by atoms with E-state index in [0.29, 0.717) is 19.4 Å². The first kappa shape index (κ1) is 73.1. The first-order valence-electron chi connectivity index (χ1n) is 33.8. The summed E-state index contributed by atoms with van der Waals surface area (Å²) in [6.07, 6.45) is 82.0. The van der Waals surface area contributed by atoms with Crippen molar-refractivity contribution in [3.8, 4) is 0 Å². The summed E-state index contributed by atoms with van der Waals surface area (Å²) in [5.74, 6) is -0.0556. The summed E-state index contributed by atoms with van der Waals surface area (Å²) in [6.45, 7) is 4.91. The number of amides is 1. The number of allylic oxidation sites excluding steroid dienone is 5. The topological polar surface area (TPSA) is 95.9 Å². The number of hydrogen-bond acceptors (Lipinski definition) is 5. The van der Waals surface area contributed by atoms with Crippen LogP contribution in [0.15, 0.2) is 36.5 Å². The van der Waals surface area contributed by atoms with Gasteiger partial charge in [0.2, 0.25) is 5.91 Å². The van der Waals surface area contributed by atoms with E-state index in [9.17, 15) is 19.8 Å². The zero-order chi connectivity index (χ0) is 54.3. The molecule has 0 fully saturated rings. The van der Waals surface area contributed by atoms with E-state index in [1.54, 1.807) is 6.08 Å². The predicted octanol–water partition coefficient (Wildman–Crippen LogP) is 21.5.